The van der Waals surface area contributed by atoms with Gasteiger partial charge < -0.3 is 30.4 Å². The third-order valence-electron chi connectivity index (χ3n) is 8.63. The number of nitrogens with zero attached hydrogens (tertiary/aromatic N) is 3. The van der Waals surface area contributed by atoms with E-state index in [1.165, 1.54) is 23.1 Å². The van der Waals surface area contributed by atoms with Crippen LogP contribution in [0.15, 0.2) is 51.7 Å². The number of hydrogen-bond donors (Lipinski definition) is 4. The molecule has 218 valence electrons. The highest BCUT2D eigenvalue weighted by Gasteiger charge is 2.64. The minimum absolute atomic E-state index is 0.0294. The van der Waals surface area contributed by atoms with Crippen LogP contribution >= 0.6 is 0 Å². The number of primary amides is 1. The molecule has 0 bridgehead atoms. The smallest absolute Gasteiger partial charge is 0.255 e. The SMILES string of the molecule is CN(C)c1cc2nc(-c3cccc(F)c3)oc2c2c1C[C@H]1C[C@H]3[C@H](N(C)C)C(=O)C(C(N)=O)=C(O)[C@@]3(O)C(=O)C1=C2O. The molecule has 1 fully saturated rings. The quantitative estimate of drug-likeness (QED) is 0.338. The van der Waals surface area contributed by atoms with E-state index in [4.69, 9.17) is 10.2 Å². The number of nitrogens with two attached hydrogens (primary N) is 1. The zero-order chi connectivity index (χ0) is 30.4. The zero-order valence-electron chi connectivity index (χ0n) is 23.3. The number of halogens is 1. The van der Waals surface area contributed by atoms with E-state index in [0.29, 0.717) is 22.3 Å². The van der Waals surface area contributed by atoms with Gasteiger partial charge >= 0.3 is 0 Å². The van der Waals surface area contributed by atoms with E-state index in [1.807, 2.05) is 19.0 Å². The molecule has 1 heterocycles. The van der Waals surface area contributed by atoms with Crippen molar-refractivity contribution in [2.45, 2.75) is 24.5 Å². The van der Waals surface area contributed by atoms with Gasteiger partial charge in [0.2, 0.25) is 11.7 Å². The molecule has 1 amide bonds. The van der Waals surface area contributed by atoms with E-state index >= 15 is 0 Å². The number of hydrogen-bond acceptors (Lipinski definition) is 10. The number of likely N-dealkylation sites (N-methyl/N-ethyl adjacent to an activating group) is 1. The number of rotatable bonds is 4. The normalized spacial score (nSPS) is 25.5. The standard InChI is InChI=1S/C30H29FN4O7/c1-34(2)18-11-17-25(42-29(33-17)12-6-5-7-14(31)8-12)20-15(18)9-13-10-16-22(35(3)4)24(37)21(28(32)40)27(39)30(16,41)26(38)19(13)23(20)36/h5-8,11,13,16,22,36,39,41H,9-10H2,1-4H3,(H2,32,40)/t13-,16-,22-,30-/m0/s1. The monoisotopic (exact) mass is 576 g/mol. The molecule has 0 saturated heterocycles. The molecule has 1 saturated carbocycles. The van der Waals surface area contributed by atoms with Crippen molar-refractivity contribution < 1.29 is 38.5 Å². The number of Topliss-reactive ketones (excluding diaryl/α,β-unsaturated/α-hetero) is 2. The fraction of sp³-hybridized carbons (Fsp3) is 0.333. The predicted molar refractivity (Wildman–Crippen MR) is 150 cm³/mol. The number of aromatic nitrogens is 1. The van der Waals surface area contributed by atoms with E-state index < -0.39 is 63.9 Å². The molecule has 4 atom stereocenters. The van der Waals surface area contributed by atoms with Crippen LogP contribution in [0, 0.1) is 17.7 Å². The zero-order valence-corrected chi connectivity index (χ0v) is 23.3. The molecule has 0 radical (unpaired) electrons. The molecule has 5 N–H and O–H groups in total. The number of aliphatic hydroxyl groups excluding tert-OH is 2. The number of aliphatic hydroxyl groups is 3. The second-order valence-electron chi connectivity index (χ2n) is 11.5. The van der Waals surface area contributed by atoms with Gasteiger partial charge in [-0.25, -0.2) is 9.37 Å². The number of fused-ring (bicyclic) bond motifs is 5. The van der Waals surface area contributed by atoms with Gasteiger partial charge in [0.05, 0.1) is 11.6 Å². The number of oxazole rings is 1. The Morgan fingerprint density at radius 3 is 2.50 bits per heavy atom. The Balaban J connectivity index is 1.61. The number of benzene rings is 2. The van der Waals surface area contributed by atoms with Crippen molar-refractivity contribution in [1.29, 1.82) is 0 Å². The number of amides is 1. The van der Waals surface area contributed by atoms with Gasteiger partial charge in [-0.3, -0.25) is 19.3 Å². The van der Waals surface area contributed by atoms with E-state index in [-0.39, 0.29) is 35.5 Å². The molecule has 1 aromatic heterocycles. The summed E-state index contributed by atoms with van der Waals surface area (Å²) in [6, 6.07) is 6.32. The van der Waals surface area contributed by atoms with Crippen LogP contribution in [0.2, 0.25) is 0 Å². The van der Waals surface area contributed by atoms with Crippen molar-refractivity contribution in [3.8, 4) is 11.5 Å². The summed E-state index contributed by atoms with van der Waals surface area (Å²) in [4.78, 5) is 47.5. The minimum Gasteiger partial charge on any atom is -0.508 e. The number of anilines is 1. The van der Waals surface area contributed by atoms with Crippen LogP contribution in [0.4, 0.5) is 10.1 Å². The van der Waals surface area contributed by atoms with Crippen LogP contribution in [-0.4, -0.2) is 82.5 Å². The molecule has 11 nitrogen and oxygen atoms in total. The van der Waals surface area contributed by atoms with Gasteiger partial charge in [0, 0.05) is 36.8 Å². The van der Waals surface area contributed by atoms with Crippen LogP contribution in [0.3, 0.4) is 0 Å². The number of ketones is 2. The fourth-order valence-electron chi connectivity index (χ4n) is 6.82. The molecular formula is C30H29FN4O7. The van der Waals surface area contributed by atoms with E-state index in [0.717, 1.165) is 0 Å². The largest absolute Gasteiger partial charge is 0.508 e. The van der Waals surface area contributed by atoms with Crippen molar-refractivity contribution in [3.63, 3.8) is 0 Å². The topological polar surface area (TPSA) is 170 Å². The average Bonchev–Trinajstić information content (AvgIpc) is 3.34. The van der Waals surface area contributed by atoms with Crippen molar-refractivity contribution in [2.24, 2.45) is 17.6 Å². The molecule has 0 spiro atoms. The van der Waals surface area contributed by atoms with Crippen molar-refractivity contribution >= 4 is 40.0 Å². The van der Waals surface area contributed by atoms with E-state index in [9.17, 15) is 34.1 Å². The van der Waals surface area contributed by atoms with E-state index in [1.54, 1.807) is 26.2 Å². The Labute approximate surface area is 239 Å². The molecule has 3 aliphatic rings. The average molecular weight is 577 g/mol. The lowest BCUT2D eigenvalue weighted by molar-refractivity contribution is -0.153. The third kappa shape index (κ3) is 3.64. The predicted octanol–water partition coefficient (Wildman–Crippen LogP) is 2.27. The Morgan fingerprint density at radius 2 is 1.88 bits per heavy atom. The van der Waals surface area contributed by atoms with Crippen LogP contribution in [0.1, 0.15) is 17.5 Å². The van der Waals surface area contributed by atoms with Crippen LogP contribution in [-0.2, 0) is 20.8 Å². The first-order chi connectivity index (χ1) is 19.8. The Kier molecular flexibility index (Phi) is 6.07. The molecule has 0 unspecified atom stereocenters. The third-order valence-corrected chi connectivity index (χ3v) is 8.63. The minimum atomic E-state index is -2.68. The van der Waals surface area contributed by atoms with Crippen molar-refractivity contribution in [1.82, 2.24) is 9.88 Å². The van der Waals surface area contributed by atoms with Crippen molar-refractivity contribution in [3.05, 3.63) is 64.2 Å². The Morgan fingerprint density at radius 1 is 1.17 bits per heavy atom. The maximum Gasteiger partial charge on any atom is 0.255 e. The van der Waals surface area contributed by atoms with Gasteiger partial charge in [-0.2, -0.15) is 0 Å². The highest BCUT2D eigenvalue weighted by atomic mass is 19.1. The highest BCUT2D eigenvalue weighted by Crippen LogP contribution is 2.53. The highest BCUT2D eigenvalue weighted by molar-refractivity contribution is 6.24. The van der Waals surface area contributed by atoms with Gasteiger partial charge in [-0.05, 0) is 62.7 Å². The van der Waals surface area contributed by atoms with Crippen molar-refractivity contribution in [2.75, 3.05) is 33.1 Å². The summed E-state index contributed by atoms with van der Waals surface area (Å²) in [7, 11) is 6.75. The number of carbonyl (C=O) groups is 3. The molecule has 6 rings (SSSR count). The van der Waals surface area contributed by atoms with Crippen LogP contribution < -0.4 is 10.6 Å². The maximum atomic E-state index is 14.2. The number of carbonyl (C=O) groups excluding carboxylic acids is 3. The first-order valence-corrected chi connectivity index (χ1v) is 13.3. The summed E-state index contributed by atoms with van der Waals surface area (Å²) in [5.41, 5.74) is 4.10. The van der Waals surface area contributed by atoms with Crippen LogP contribution in [0.25, 0.3) is 28.3 Å². The molecular weight excluding hydrogens is 547 g/mol. The summed E-state index contributed by atoms with van der Waals surface area (Å²) < 4.78 is 20.0. The lowest BCUT2D eigenvalue weighted by atomic mass is 9.57. The van der Waals surface area contributed by atoms with Gasteiger partial charge in [0.25, 0.3) is 5.91 Å². The van der Waals surface area contributed by atoms with Crippen LogP contribution in [0.5, 0.6) is 0 Å². The lowest BCUT2D eigenvalue weighted by Gasteiger charge is -2.50. The first-order valence-electron chi connectivity index (χ1n) is 13.3. The van der Waals surface area contributed by atoms with Gasteiger partial charge in [-0.15, -0.1) is 0 Å². The fourth-order valence-corrected chi connectivity index (χ4v) is 6.82. The molecule has 0 aliphatic heterocycles. The van der Waals surface area contributed by atoms with Gasteiger partial charge in [0.1, 0.15) is 28.4 Å². The summed E-state index contributed by atoms with van der Waals surface area (Å²) >= 11 is 0. The summed E-state index contributed by atoms with van der Waals surface area (Å²) in [5, 5.41) is 34.7. The maximum absolute atomic E-state index is 14.2. The Bertz CT molecular complexity index is 1790. The second-order valence-corrected chi connectivity index (χ2v) is 11.5. The second kappa shape index (κ2) is 9.23. The van der Waals surface area contributed by atoms with Gasteiger partial charge in [-0.1, -0.05) is 6.07 Å². The molecule has 2 aromatic carbocycles. The summed E-state index contributed by atoms with van der Waals surface area (Å²) in [5.74, 6) is -6.84. The molecule has 12 heteroatoms. The summed E-state index contributed by atoms with van der Waals surface area (Å²) in [6.45, 7) is 0. The first kappa shape index (κ1) is 27.6. The Hall–Kier alpha value is -4.55. The molecule has 3 aromatic rings. The van der Waals surface area contributed by atoms with E-state index in [2.05, 4.69) is 4.98 Å². The molecule has 3 aliphatic carbocycles. The lowest BCUT2D eigenvalue weighted by Crippen LogP contribution is -2.65. The molecule has 42 heavy (non-hydrogen) atoms. The van der Waals surface area contributed by atoms with Gasteiger partial charge in [0.15, 0.2) is 17.0 Å². The summed E-state index contributed by atoms with van der Waals surface area (Å²) in [6.07, 6.45) is 0.260.